The van der Waals surface area contributed by atoms with Crippen molar-refractivity contribution < 1.29 is 75.8 Å². The van der Waals surface area contributed by atoms with Crippen LogP contribution < -0.4 is 0 Å². The molecule has 5 atom stereocenters. The zero-order chi connectivity index (χ0) is 69.5. The molecule has 5 unspecified atom stereocenters. The van der Waals surface area contributed by atoms with E-state index in [1.54, 1.807) is 0 Å². The SMILES string of the molecule is CC/C=C\C/C=C\C/C=C\C/C=C\C/C=C\C/C=C\CCCCCCCCCCCCCCCCCCC(=O)OCC(O)COP(=O)(O)OCC(O)COP(=O)(O)OCC(COC(=O)CCCCCCC/C=C\CCCCCC)OC(=O)CCCCCCC/C=C\CCCC. The molecular formula is C77H136O16P2. The minimum Gasteiger partial charge on any atom is -0.463 e. The van der Waals surface area contributed by atoms with E-state index in [4.69, 9.17) is 32.3 Å². The smallest absolute Gasteiger partial charge is 0.463 e. The Balaban J connectivity index is 4.27. The second-order valence-electron chi connectivity index (χ2n) is 25.1. The molecule has 0 saturated heterocycles. The van der Waals surface area contributed by atoms with Crippen molar-refractivity contribution in [3.8, 4) is 0 Å². The number of aliphatic hydroxyl groups is 2. The van der Waals surface area contributed by atoms with Gasteiger partial charge in [0.2, 0.25) is 0 Å². The molecule has 0 amide bonds. The van der Waals surface area contributed by atoms with Gasteiger partial charge in [0.05, 0.1) is 26.4 Å². The summed E-state index contributed by atoms with van der Waals surface area (Å²) in [6, 6.07) is 0. The van der Waals surface area contributed by atoms with E-state index < -0.39 is 91.5 Å². The monoisotopic (exact) mass is 1380 g/mol. The van der Waals surface area contributed by atoms with Crippen molar-refractivity contribution in [2.24, 2.45) is 0 Å². The molecule has 0 aliphatic heterocycles. The minimum atomic E-state index is -4.92. The van der Waals surface area contributed by atoms with Crippen LogP contribution in [-0.4, -0.2) is 95.9 Å². The standard InChI is InChI=1S/C77H136O16P2/c1-4-7-10-13-16-19-22-24-25-26-27-28-29-30-31-32-33-34-35-36-37-38-39-40-41-42-43-44-45-47-50-51-54-57-60-63-75(80)87-66-72(78)67-89-94(83,84)90-68-73(79)69-91-95(85,86)92-71-74(93-77(82)65-62-59-56-53-48-21-18-15-12-9-6-3)70-88-76(81)64-61-58-55-52-49-46-23-20-17-14-11-8-5-2/h7,10,15-16,18-20,23-25,27-28,30-31,33-34,72-74,78-79H,4-6,8-9,11-14,17,21-22,26,29,32,35-71H2,1-3H3,(H,83,84)(H,85,86)/b10-7-,18-15-,19-16-,23-20-,25-24-,28-27-,31-30-,34-33-. The Bertz CT molecular complexity index is 2120. The molecule has 0 aliphatic rings. The highest BCUT2D eigenvalue weighted by molar-refractivity contribution is 7.47. The number of aliphatic hydroxyl groups excluding tert-OH is 2. The van der Waals surface area contributed by atoms with Gasteiger partial charge in [-0.25, -0.2) is 9.13 Å². The molecule has 4 N–H and O–H groups in total. The maximum atomic E-state index is 12.8. The van der Waals surface area contributed by atoms with Gasteiger partial charge in [-0.3, -0.25) is 32.5 Å². The predicted molar refractivity (Wildman–Crippen MR) is 390 cm³/mol. The zero-order valence-corrected chi connectivity index (χ0v) is 61.6. The molecule has 0 saturated carbocycles. The van der Waals surface area contributed by atoms with E-state index in [9.17, 15) is 43.5 Å². The topological polar surface area (TPSA) is 231 Å². The van der Waals surface area contributed by atoms with Crippen LogP contribution in [0.15, 0.2) is 97.2 Å². The highest BCUT2D eigenvalue weighted by atomic mass is 31.2. The van der Waals surface area contributed by atoms with Crippen molar-refractivity contribution in [3.05, 3.63) is 97.2 Å². The first-order chi connectivity index (χ1) is 46.2. The van der Waals surface area contributed by atoms with E-state index >= 15 is 0 Å². The van der Waals surface area contributed by atoms with E-state index in [0.717, 1.165) is 135 Å². The van der Waals surface area contributed by atoms with Crippen molar-refractivity contribution in [2.45, 2.75) is 334 Å². The summed E-state index contributed by atoms with van der Waals surface area (Å²) >= 11 is 0. The lowest BCUT2D eigenvalue weighted by Gasteiger charge is -2.21. The third-order valence-corrected chi connectivity index (χ3v) is 17.7. The van der Waals surface area contributed by atoms with Gasteiger partial charge in [0.1, 0.15) is 25.4 Å². The molecule has 0 aromatic heterocycles. The maximum absolute atomic E-state index is 12.8. The Morgan fingerprint density at radius 1 is 0.305 bits per heavy atom. The number of unbranched alkanes of at least 4 members (excludes halogenated alkanes) is 32. The van der Waals surface area contributed by atoms with Crippen LogP contribution in [-0.2, 0) is 55.8 Å². The summed E-state index contributed by atoms with van der Waals surface area (Å²) in [4.78, 5) is 58.3. The Morgan fingerprint density at radius 2 is 0.568 bits per heavy atom. The Morgan fingerprint density at radius 3 is 0.926 bits per heavy atom. The third kappa shape index (κ3) is 71.6. The van der Waals surface area contributed by atoms with Gasteiger partial charge in [-0.2, -0.15) is 0 Å². The lowest BCUT2D eigenvalue weighted by molar-refractivity contribution is -0.161. The lowest BCUT2D eigenvalue weighted by Crippen LogP contribution is -2.30. The largest absolute Gasteiger partial charge is 0.472 e. The molecule has 16 nitrogen and oxygen atoms in total. The summed E-state index contributed by atoms with van der Waals surface area (Å²) in [6.45, 7) is 2.49. The second kappa shape index (κ2) is 70.3. The van der Waals surface area contributed by atoms with Gasteiger partial charge in [-0.15, -0.1) is 0 Å². The minimum absolute atomic E-state index is 0.0945. The van der Waals surface area contributed by atoms with Crippen LogP contribution in [0.2, 0.25) is 0 Å². The van der Waals surface area contributed by atoms with E-state index in [1.807, 2.05) is 0 Å². The van der Waals surface area contributed by atoms with Crippen molar-refractivity contribution in [1.29, 1.82) is 0 Å². The van der Waals surface area contributed by atoms with E-state index in [2.05, 4.69) is 118 Å². The molecule has 0 aromatic carbocycles. The van der Waals surface area contributed by atoms with Gasteiger partial charge < -0.3 is 34.2 Å². The van der Waals surface area contributed by atoms with Crippen molar-refractivity contribution >= 4 is 33.6 Å². The lowest BCUT2D eigenvalue weighted by atomic mass is 10.0. The number of carbonyl (C=O) groups is 3. The van der Waals surface area contributed by atoms with Crippen molar-refractivity contribution in [2.75, 3.05) is 39.6 Å². The molecule has 0 heterocycles. The average molecular weight is 1380 g/mol. The van der Waals surface area contributed by atoms with Gasteiger partial charge in [-0.05, 0) is 116 Å². The molecule has 0 aromatic rings. The van der Waals surface area contributed by atoms with Gasteiger partial charge in [-0.1, -0.05) is 279 Å². The molecule has 18 heteroatoms. The first-order valence-corrected chi connectivity index (χ1v) is 40.5. The summed E-state index contributed by atoms with van der Waals surface area (Å²) in [5.41, 5.74) is 0. The Hall–Kier alpha value is -3.53. The number of esters is 3. The molecule has 0 rings (SSSR count). The van der Waals surface area contributed by atoms with Crippen LogP contribution in [0, 0.1) is 0 Å². The molecule has 95 heavy (non-hydrogen) atoms. The van der Waals surface area contributed by atoms with Gasteiger partial charge >= 0.3 is 33.6 Å². The van der Waals surface area contributed by atoms with Crippen LogP contribution in [0.4, 0.5) is 0 Å². The Kier molecular flexibility index (Phi) is 67.7. The second-order valence-corrected chi connectivity index (χ2v) is 28.0. The van der Waals surface area contributed by atoms with Crippen LogP contribution in [0.25, 0.3) is 0 Å². The Labute approximate surface area is 578 Å². The fraction of sp³-hybridized carbons (Fsp3) is 0.753. The van der Waals surface area contributed by atoms with Gasteiger partial charge in [0, 0.05) is 19.3 Å². The quantitative estimate of drug-likeness (QED) is 0.0146. The number of phosphoric ester groups is 2. The molecule has 0 radical (unpaired) electrons. The van der Waals surface area contributed by atoms with Crippen LogP contribution in [0.3, 0.4) is 0 Å². The highest BCUT2D eigenvalue weighted by Crippen LogP contribution is 2.45. The molecule has 550 valence electrons. The number of hydrogen-bond donors (Lipinski definition) is 4. The van der Waals surface area contributed by atoms with E-state index in [-0.39, 0.29) is 19.3 Å². The van der Waals surface area contributed by atoms with Gasteiger partial charge in [0.25, 0.3) is 0 Å². The first-order valence-electron chi connectivity index (χ1n) is 37.5. The third-order valence-electron chi connectivity index (χ3n) is 15.8. The molecular weight excluding hydrogens is 1240 g/mol. The summed E-state index contributed by atoms with van der Waals surface area (Å²) < 4.78 is 60.8. The van der Waals surface area contributed by atoms with Crippen LogP contribution in [0.5, 0.6) is 0 Å². The normalized spacial score (nSPS) is 14.6. The molecule has 0 fully saturated rings. The molecule has 0 bridgehead atoms. The van der Waals surface area contributed by atoms with Crippen LogP contribution >= 0.6 is 15.6 Å². The van der Waals surface area contributed by atoms with E-state index in [1.165, 1.54) is 122 Å². The van der Waals surface area contributed by atoms with Crippen LogP contribution in [0.1, 0.15) is 316 Å². The first kappa shape index (κ1) is 91.5. The zero-order valence-electron chi connectivity index (χ0n) is 59.8. The number of ether oxygens (including phenoxy) is 3. The summed E-state index contributed by atoms with van der Waals surface area (Å²) in [5, 5.41) is 20.6. The highest BCUT2D eigenvalue weighted by Gasteiger charge is 2.29. The summed E-state index contributed by atoms with van der Waals surface area (Å²) in [7, 11) is -9.77. The molecule has 0 spiro atoms. The predicted octanol–water partition coefficient (Wildman–Crippen LogP) is 21.4. The fourth-order valence-corrected chi connectivity index (χ4v) is 11.6. The number of rotatable bonds is 71. The number of allylic oxidation sites excluding steroid dienone is 16. The average Bonchev–Trinajstić information content (AvgIpc) is 3.02. The number of carbonyl (C=O) groups excluding carboxylic acids is 3. The van der Waals surface area contributed by atoms with Crippen molar-refractivity contribution in [3.63, 3.8) is 0 Å². The summed E-state index contributed by atoms with van der Waals surface area (Å²) in [5.74, 6) is -1.59. The number of hydrogen-bond acceptors (Lipinski definition) is 14. The van der Waals surface area contributed by atoms with Crippen molar-refractivity contribution in [1.82, 2.24) is 0 Å². The number of phosphoric acid groups is 2. The van der Waals surface area contributed by atoms with E-state index in [0.29, 0.717) is 19.3 Å². The molecule has 0 aliphatic carbocycles. The maximum Gasteiger partial charge on any atom is 0.472 e. The van der Waals surface area contributed by atoms with Gasteiger partial charge in [0.15, 0.2) is 6.10 Å². The summed E-state index contributed by atoms with van der Waals surface area (Å²) in [6.07, 6.45) is 79.3. The fourth-order valence-electron chi connectivity index (χ4n) is 10.0.